The first kappa shape index (κ1) is 27.3. The van der Waals surface area contributed by atoms with Crippen LogP contribution in [0.2, 0.25) is 0 Å². The molecule has 1 heterocycles. The largest absolute Gasteiger partial charge is 0.353 e. The van der Waals surface area contributed by atoms with Gasteiger partial charge in [-0.15, -0.1) is 0 Å². The Labute approximate surface area is 216 Å². The molecule has 0 aliphatic rings. The van der Waals surface area contributed by atoms with E-state index in [-0.39, 0.29) is 42.9 Å². The molecule has 9 heteroatoms. The van der Waals surface area contributed by atoms with Crippen molar-refractivity contribution >= 4 is 23.4 Å². The lowest BCUT2D eigenvalue weighted by Crippen LogP contribution is -2.38. The molecule has 0 fully saturated rings. The molecule has 3 aromatic rings. The second-order valence-electron chi connectivity index (χ2n) is 9.92. The number of aryl methyl sites for hydroxylation is 2. The summed E-state index contributed by atoms with van der Waals surface area (Å²) in [6, 6.07) is 15.6. The minimum atomic E-state index is -0.521. The van der Waals surface area contributed by atoms with Crippen molar-refractivity contribution < 1.29 is 14.4 Å². The first-order valence-electron chi connectivity index (χ1n) is 12.1. The molecule has 3 rings (SSSR count). The molecule has 0 atom stereocenters. The van der Waals surface area contributed by atoms with Gasteiger partial charge in [-0.1, -0.05) is 38.5 Å². The highest BCUT2D eigenvalue weighted by atomic mass is 16.2. The van der Waals surface area contributed by atoms with E-state index < -0.39 is 5.41 Å². The summed E-state index contributed by atoms with van der Waals surface area (Å²) in [7, 11) is 0. The first-order valence-corrected chi connectivity index (χ1v) is 12.1. The van der Waals surface area contributed by atoms with Crippen molar-refractivity contribution in [3.63, 3.8) is 0 Å². The summed E-state index contributed by atoms with van der Waals surface area (Å²) in [6.45, 7) is 9.57. The van der Waals surface area contributed by atoms with E-state index in [4.69, 9.17) is 0 Å². The second-order valence-corrected chi connectivity index (χ2v) is 9.92. The molecule has 0 unspecified atom stereocenters. The smallest absolute Gasteiger partial charge is 0.267 e. The molecule has 3 N–H and O–H groups in total. The molecule has 0 saturated heterocycles. The van der Waals surface area contributed by atoms with Gasteiger partial charge in [0.05, 0.1) is 5.69 Å². The number of amides is 3. The molecular weight excluding hydrogens is 470 g/mol. The highest BCUT2D eigenvalue weighted by Crippen LogP contribution is 2.21. The SMILES string of the molecule is Cc1ccc(C)c(-c2ccc(=O)n(CC(=O)NCCNC(=O)c3ccc(NC(=O)C(C)(C)C)cc3)n2)c1. The van der Waals surface area contributed by atoms with Crippen molar-refractivity contribution in [2.75, 3.05) is 18.4 Å². The predicted molar refractivity (Wildman–Crippen MR) is 143 cm³/mol. The third kappa shape index (κ3) is 7.60. The van der Waals surface area contributed by atoms with Crippen LogP contribution in [0.3, 0.4) is 0 Å². The topological polar surface area (TPSA) is 122 Å². The number of rotatable bonds is 8. The fraction of sp³-hybridized carbons (Fsp3) is 0.321. The number of nitrogens with one attached hydrogen (secondary N) is 3. The number of carbonyl (C=O) groups excluding carboxylic acids is 3. The van der Waals surface area contributed by atoms with E-state index in [0.29, 0.717) is 16.9 Å². The molecule has 194 valence electrons. The maximum Gasteiger partial charge on any atom is 0.267 e. The van der Waals surface area contributed by atoms with Crippen LogP contribution in [0.5, 0.6) is 0 Å². The minimum absolute atomic E-state index is 0.116. The van der Waals surface area contributed by atoms with Crippen molar-refractivity contribution in [1.29, 1.82) is 0 Å². The molecule has 0 spiro atoms. The van der Waals surface area contributed by atoms with Gasteiger partial charge in [0.1, 0.15) is 6.54 Å². The van der Waals surface area contributed by atoms with E-state index in [9.17, 15) is 19.2 Å². The first-order chi connectivity index (χ1) is 17.4. The molecule has 9 nitrogen and oxygen atoms in total. The van der Waals surface area contributed by atoms with Gasteiger partial charge in [-0.05, 0) is 55.8 Å². The Morgan fingerprint density at radius 1 is 0.892 bits per heavy atom. The van der Waals surface area contributed by atoms with Crippen LogP contribution in [0, 0.1) is 19.3 Å². The van der Waals surface area contributed by atoms with Crippen molar-refractivity contribution in [2.45, 2.75) is 41.2 Å². The van der Waals surface area contributed by atoms with Crippen LogP contribution in [0.15, 0.2) is 59.4 Å². The molecule has 2 aromatic carbocycles. The zero-order valence-electron chi connectivity index (χ0n) is 21.8. The normalized spacial score (nSPS) is 11.1. The fourth-order valence-electron chi connectivity index (χ4n) is 3.41. The lowest BCUT2D eigenvalue weighted by atomic mass is 9.95. The zero-order chi connectivity index (χ0) is 27.2. The summed E-state index contributed by atoms with van der Waals surface area (Å²) in [5.74, 6) is -0.808. The third-order valence-corrected chi connectivity index (χ3v) is 5.65. The molecule has 0 radical (unpaired) electrons. The lowest BCUT2D eigenvalue weighted by molar-refractivity contribution is -0.123. The number of benzene rings is 2. The maximum absolute atomic E-state index is 12.4. The summed E-state index contributed by atoms with van der Waals surface area (Å²) in [4.78, 5) is 49.1. The molecule has 0 aliphatic carbocycles. The average Bonchev–Trinajstić information content (AvgIpc) is 2.84. The average molecular weight is 504 g/mol. The second kappa shape index (κ2) is 11.6. The van der Waals surface area contributed by atoms with E-state index in [1.807, 2.05) is 52.8 Å². The quantitative estimate of drug-likeness (QED) is 0.408. The Bertz CT molecular complexity index is 1350. The van der Waals surface area contributed by atoms with Gasteiger partial charge in [-0.25, -0.2) is 4.68 Å². The fourth-order valence-corrected chi connectivity index (χ4v) is 3.41. The van der Waals surface area contributed by atoms with E-state index in [2.05, 4.69) is 21.0 Å². The molecular formula is C28H33N5O4. The molecule has 3 amide bonds. The summed E-state index contributed by atoms with van der Waals surface area (Å²) < 4.78 is 1.13. The van der Waals surface area contributed by atoms with Gasteiger partial charge in [0.2, 0.25) is 11.8 Å². The van der Waals surface area contributed by atoms with Crippen LogP contribution in [0.4, 0.5) is 5.69 Å². The number of carbonyl (C=O) groups is 3. The summed E-state index contributed by atoms with van der Waals surface area (Å²) in [6.07, 6.45) is 0. The van der Waals surface area contributed by atoms with Crippen molar-refractivity contribution in [3.05, 3.63) is 81.6 Å². The number of hydrogen-bond donors (Lipinski definition) is 3. The number of hydrogen-bond acceptors (Lipinski definition) is 5. The van der Waals surface area contributed by atoms with E-state index in [1.165, 1.54) is 6.07 Å². The van der Waals surface area contributed by atoms with E-state index in [1.54, 1.807) is 30.3 Å². The van der Waals surface area contributed by atoms with Crippen LogP contribution in [0.25, 0.3) is 11.3 Å². The highest BCUT2D eigenvalue weighted by molar-refractivity contribution is 5.97. The maximum atomic E-state index is 12.4. The van der Waals surface area contributed by atoms with Crippen molar-refractivity contribution in [3.8, 4) is 11.3 Å². The minimum Gasteiger partial charge on any atom is -0.353 e. The van der Waals surface area contributed by atoms with Crippen molar-refractivity contribution in [2.24, 2.45) is 5.41 Å². The van der Waals surface area contributed by atoms with E-state index in [0.717, 1.165) is 21.4 Å². The highest BCUT2D eigenvalue weighted by Gasteiger charge is 2.21. The monoisotopic (exact) mass is 503 g/mol. The summed E-state index contributed by atoms with van der Waals surface area (Å²) in [5, 5.41) is 12.6. The third-order valence-electron chi connectivity index (χ3n) is 5.65. The van der Waals surface area contributed by atoms with Crippen LogP contribution >= 0.6 is 0 Å². The number of aromatic nitrogens is 2. The van der Waals surface area contributed by atoms with Crippen LogP contribution in [-0.2, 0) is 16.1 Å². The molecule has 0 aliphatic heterocycles. The summed E-state index contributed by atoms with van der Waals surface area (Å²) in [5.41, 5.74) is 3.75. The van der Waals surface area contributed by atoms with Crippen molar-refractivity contribution in [1.82, 2.24) is 20.4 Å². The molecule has 1 aromatic heterocycles. The standard InChI is InChI=1S/C28H33N5O4/c1-18-6-7-19(2)22(16-18)23-12-13-25(35)33(32-23)17-24(34)29-14-15-30-26(36)20-8-10-21(11-9-20)31-27(37)28(3,4)5/h6-13,16H,14-15,17H2,1-5H3,(H,29,34)(H,30,36)(H,31,37). The Balaban J connectivity index is 1.49. The van der Waals surface area contributed by atoms with Gasteiger partial charge >= 0.3 is 0 Å². The van der Waals surface area contributed by atoms with Gasteiger partial charge in [0.25, 0.3) is 11.5 Å². The molecule has 0 bridgehead atoms. The van der Waals surface area contributed by atoms with Gasteiger partial charge in [0, 0.05) is 41.4 Å². The van der Waals surface area contributed by atoms with Gasteiger partial charge < -0.3 is 16.0 Å². The Morgan fingerprint density at radius 2 is 1.57 bits per heavy atom. The van der Waals surface area contributed by atoms with Gasteiger partial charge in [0.15, 0.2) is 0 Å². The zero-order valence-corrected chi connectivity index (χ0v) is 21.8. The van der Waals surface area contributed by atoms with Gasteiger partial charge in [-0.3, -0.25) is 19.2 Å². The van der Waals surface area contributed by atoms with Crippen LogP contribution < -0.4 is 21.5 Å². The van der Waals surface area contributed by atoms with Gasteiger partial charge in [-0.2, -0.15) is 5.10 Å². The molecule has 0 saturated carbocycles. The Kier molecular flexibility index (Phi) is 8.60. The van der Waals surface area contributed by atoms with Crippen LogP contribution in [0.1, 0.15) is 42.3 Å². The Morgan fingerprint density at radius 3 is 2.24 bits per heavy atom. The Hall–Kier alpha value is -4.27. The predicted octanol–water partition coefficient (Wildman–Crippen LogP) is 3.06. The lowest BCUT2D eigenvalue weighted by Gasteiger charge is -2.17. The number of nitrogens with zero attached hydrogens (tertiary/aromatic N) is 2. The summed E-state index contributed by atoms with van der Waals surface area (Å²) >= 11 is 0. The number of anilines is 1. The van der Waals surface area contributed by atoms with E-state index >= 15 is 0 Å². The molecule has 37 heavy (non-hydrogen) atoms. The van der Waals surface area contributed by atoms with Crippen LogP contribution in [-0.4, -0.2) is 40.6 Å².